The van der Waals surface area contributed by atoms with Crippen molar-refractivity contribution in [2.24, 2.45) is 0 Å². The summed E-state index contributed by atoms with van der Waals surface area (Å²) in [5.74, 6) is -0.787. The molecular formula is C14H20N4O3. The largest absolute Gasteiger partial charge is 0.481 e. The minimum Gasteiger partial charge on any atom is -0.481 e. The first kappa shape index (κ1) is 15.2. The number of pyridine rings is 1. The van der Waals surface area contributed by atoms with Gasteiger partial charge in [-0.15, -0.1) is 0 Å². The van der Waals surface area contributed by atoms with Crippen molar-refractivity contribution < 1.29 is 14.7 Å². The second-order valence-electron chi connectivity index (χ2n) is 5.03. The first-order valence-electron chi connectivity index (χ1n) is 6.94. The van der Waals surface area contributed by atoms with Crippen molar-refractivity contribution in [3.8, 4) is 0 Å². The van der Waals surface area contributed by atoms with E-state index in [1.165, 1.54) is 0 Å². The van der Waals surface area contributed by atoms with Crippen LogP contribution in [0.3, 0.4) is 0 Å². The molecule has 114 valence electrons. The first-order valence-corrected chi connectivity index (χ1v) is 6.94. The molecule has 1 saturated heterocycles. The Labute approximate surface area is 123 Å². The van der Waals surface area contributed by atoms with Crippen LogP contribution in [0.5, 0.6) is 0 Å². The van der Waals surface area contributed by atoms with Crippen molar-refractivity contribution in [3.05, 3.63) is 24.5 Å². The molecule has 2 amide bonds. The maximum Gasteiger partial charge on any atom is 0.324 e. The van der Waals surface area contributed by atoms with E-state index in [1.807, 2.05) is 6.07 Å². The highest BCUT2D eigenvalue weighted by Gasteiger charge is 2.24. The SMILES string of the molecule is CN(C(=O)N1CCN(CCC(=O)O)CC1)c1cccnc1. The normalized spacial score (nSPS) is 15.8. The Morgan fingerprint density at radius 2 is 2.05 bits per heavy atom. The molecule has 0 unspecified atom stereocenters. The Balaban J connectivity index is 1.84. The highest BCUT2D eigenvalue weighted by Crippen LogP contribution is 2.13. The summed E-state index contributed by atoms with van der Waals surface area (Å²) in [5.41, 5.74) is 0.760. The van der Waals surface area contributed by atoms with Gasteiger partial charge >= 0.3 is 12.0 Å². The van der Waals surface area contributed by atoms with E-state index in [4.69, 9.17) is 5.11 Å². The number of carboxylic acid groups (broad SMARTS) is 1. The average Bonchev–Trinajstić information content (AvgIpc) is 2.53. The summed E-state index contributed by atoms with van der Waals surface area (Å²) in [6.07, 6.45) is 3.47. The molecule has 7 nitrogen and oxygen atoms in total. The molecule has 0 spiro atoms. The topological polar surface area (TPSA) is 77.0 Å². The summed E-state index contributed by atoms with van der Waals surface area (Å²) in [4.78, 5) is 32.4. The fourth-order valence-electron chi connectivity index (χ4n) is 2.29. The second-order valence-corrected chi connectivity index (χ2v) is 5.03. The maximum absolute atomic E-state index is 12.4. The lowest BCUT2D eigenvalue weighted by Crippen LogP contribution is -2.52. The fourth-order valence-corrected chi connectivity index (χ4v) is 2.29. The van der Waals surface area contributed by atoms with Crippen LogP contribution in [0.25, 0.3) is 0 Å². The molecule has 2 rings (SSSR count). The molecule has 0 aliphatic carbocycles. The highest BCUT2D eigenvalue weighted by atomic mass is 16.4. The molecule has 0 bridgehead atoms. The summed E-state index contributed by atoms with van der Waals surface area (Å²) in [6.45, 7) is 3.18. The molecule has 1 aliphatic heterocycles. The predicted octanol–water partition coefficient (Wildman–Crippen LogP) is 0.730. The third-order valence-electron chi connectivity index (χ3n) is 3.60. The Morgan fingerprint density at radius 1 is 1.33 bits per heavy atom. The average molecular weight is 292 g/mol. The number of rotatable bonds is 4. The summed E-state index contributed by atoms with van der Waals surface area (Å²) < 4.78 is 0. The molecule has 0 radical (unpaired) electrons. The van der Waals surface area contributed by atoms with Crippen molar-refractivity contribution in [2.75, 3.05) is 44.7 Å². The summed E-state index contributed by atoms with van der Waals surface area (Å²) in [6, 6.07) is 3.58. The number of carboxylic acids is 1. The standard InChI is InChI=1S/C14H20N4O3/c1-16(12-3-2-5-15-11-12)14(21)18-9-7-17(8-10-18)6-4-13(19)20/h2-3,5,11H,4,6-10H2,1H3,(H,19,20). The number of aliphatic carboxylic acids is 1. The number of piperazine rings is 1. The first-order chi connectivity index (χ1) is 10.1. The van der Waals surface area contributed by atoms with E-state index in [0.29, 0.717) is 32.7 Å². The third-order valence-corrected chi connectivity index (χ3v) is 3.60. The van der Waals surface area contributed by atoms with Crippen LogP contribution in [0, 0.1) is 0 Å². The van der Waals surface area contributed by atoms with Crippen molar-refractivity contribution in [1.29, 1.82) is 0 Å². The van der Waals surface area contributed by atoms with Crippen LogP contribution >= 0.6 is 0 Å². The van der Waals surface area contributed by atoms with Crippen LogP contribution in [-0.2, 0) is 4.79 Å². The molecule has 0 atom stereocenters. The van der Waals surface area contributed by atoms with Crippen LogP contribution in [0.4, 0.5) is 10.5 Å². The number of nitrogens with zero attached hydrogens (tertiary/aromatic N) is 4. The number of hydrogen-bond acceptors (Lipinski definition) is 4. The van der Waals surface area contributed by atoms with Crippen LogP contribution in [0.1, 0.15) is 6.42 Å². The molecule has 2 heterocycles. The van der Waals surface area contributed by atoms with Gasteiger partial charge in [0.25, 0.3) is 0 Å². The molecular weight excluding hydrogens is 272 g/mol. The van der Waals surface area contributed by atoms with Crippen molar-refractivity contribution in [2.45, 2.75) is 6.42 Å². The number of amides is 2. The number of urea groups is 1. The molecule has 1 N–H and O–H groups in total. The van der Waals surface area contributed by atoms with Gasteiger partial charge in [-0.05, 0) is 12.1 Å². The Bertz CT molecular complexity index is 486. The zero-order valence-electron chi connectivity index (χ0n) is 12.1. The van der Waals surface area contributed by atoms with Crippen molar-refractivity contribution >= 4 is 17.7 Å². The van der Waals surface area contributed by atoms with Gasteiger partial charge in [0.1, 0.15) is 0 Å². The van der Waals surface area contributed by atoms with Gasteiger partial charge in [-0.2, -0.15) is 0 Å². The third kappa shape index (κ3) is 4.16. The van der Waals surface area contributed by atoms with Gasteiger partial charge in [0.2, 0.25) is 0 Å². The maximum atomic E-state index is 12.4. The van der Waals surface area contributed by atoms with Crippen LogP contribution in [0.2, 0.25) is 0 Å². The van der Waals surface area contributed by atoms with E-state index in [0.717, 1.165) is 5.69 Å². The van der Waals surface area contributed by atoms with Gasteiger partial charge in [0.15, 0.2) is 0 Å². The Morgan fingerprint density at radius 3 is 2.62 bits per heavy atom. The Kier molecular flexibility index (Phi) is 5.10. The van der Waals surface area contributed by atoms with Crippen molar-refractivity contribution in [1.82, 2.24) is 14.8 Å². The number of hydrogen-bond donors (Lipinski definition) is 1. The summed E-state index contributed by atoms with van der Waals surface area (Å²) >= 11 is 0. The quantitative estimate of drug-likeness (QED) is 0.885. The number of carbonyl (C=O) groups is 2. The lowest BCUT2D eigenvalue weighted by Gasteiger charge is -2.36. The second kappa shape index (κ2) is 7.03. The smallest absolute Gasteiger partial charge is 0.324 e. The van der Waals surface area contributed by atoms with E-state index in [2.05, 4.69) is 9.88 Å². The highest BCUT2D eigenvalue weighted by molar-refractivity contribution is 5.91. The van der Waals surface area contributed by atoms with E-state index in [-0.39, 0.29) is 12.5 Å². The van der Waals surface area contributed by atoms with E-state index < -0.39 is 5.97 Å². The Hall–Kier alpha value is -2.15. The van der Waals surface area contributed by atoms with Crippen LogP contribution in [-0.4, -0.2) is 71.7 Å². The molecule has 1 aromatic rings. The molecule has 0 aromatic carbocycles. The zero-order chi connectivity index (χ0) is 15.2. The van der Waals surface area contributed by atoms with Crippen molar-refractivity contribution in [3.63, 3.8) is 0 Å². The van der Waals surface area contributed by atoms with Crippen LogP contribution in [0.15, 0.2) is 24.5 Å². The predicted molar refractivity (Wildman–Crippen MR) is 78.3 cm³/mol. The van der Waals surface area contributed by atoms with E-state index in [1.54, 1.807) is 35.3 Å². The van der Waals surface area contributed by atoms with E-state index >= 15 is 0 Å². The summed E-state index contributed by atoms with van der Waals surface area (Å²) in [5, 5.41) is 8.68. The number of aromatic nitrogens is 1. The van der Waals surface area contributed by atoms with Gasteiger partial charge in [0, 0.05) is 46.0 Å². The molecule has 1 fully saturated rings. The minimum absolute atomic E-state index is 0.0547. The lowest BCUT2D eigenvalue weighted by atomic mass is 10.3. The zero-order valence-corrected chi connectivity index (χ0v) is 12.1. The molecule has 1 aliphatic rings. The lowest BCUT2D eigenvalue weighted by molar-refractivity contribution is -0.137. The van der Waals surface area contributed by atoms with Gasteiger partial charge in [0.05, 0.1) is 18.3 Å². The fraction of sp³-hybridized carbons (Fsp3) is 0.500. The van der Waals surface area contributed by atoms with Gasteiger partial charge in [-0.1, -0.05) is 0 Å². The number of carbonyl (C=O) groups excluding carboxylic acids is 1. The molecule has 0 saturated carbocycles. The monoisotopic (exact) mass is 292 g/mol. The molecule has 1 aromatic heterocycles. The van der Waals surface area contributed by atoms with Crippen LogP contribution < -0.4 is 4.90 Å². The van der Waals surface area contributed by atoms with Gasteiger partial charge in [-0.25, -0.2) is 4.79 Å². The minimum atomic E-state index is -0.787. The molecule has 21 heavy (non-hydrogen) atoms. The summed E-state index contributed by atoms with van der Waals surface area (Å²) in [7, 11) is 1.73. The van der Waals surface area contributed by atoms with E-state index in [9.17, 15) is 9.59 Å². The van der Waals surface area contributed by atoms with Gasteiger partial charge < -0.3 is 10.0 Å². The molecule has 7 heteroatoms. The number of anilines is 1. The van der Waals surface area contributed by atoms with Gasteiger partial charge in [-0.3, -0.25) is 19.6 Å².